The van der Waals surface area contributed by atoms with Crippen LogP contribution in [0.5, 0.6) is 0 Å². The number of hydrogen-bond acceptors (Lipinski definition) is 6. The lowest BCUT2D eigenvalue weighted by molar-refractivity contribution is -0.148. The minimum Gasteiger partial charge on any atom is -0.466 e. The Morgan fingerprint density at radius 1 is 1.14 bits per heavy atom. The van der Waals surface area contributed by atoms with Gasteiger partial charge in [0.25, 0.3) is 10.1 Å². The van der Waals surface area contributed by atoms with Crippen LogP contribution >= 0.6 is 0 Å². The third kappa shape index (κ3) is 10.7. The van der Waals surface area contributed by atoms with E-state index in [0.717, 1.165) is 32.3 Å². The van der Waals surface area contributed by atoms with E-state index >= 15 is 0 Å². The largest absolute Gasteiger partial charge is 0.466 e. The molecule has 0 aromatic rings. The summed E-state index contributed by atoms with van der Waals surface area (Å²) in [6.45, 7) is 9.22. The fourth-order valence-corrected chi connectivity index (χ4v) is 2.48. The van der Waals surface area contributed by atoms with Crippen molar-refractivity contribution in [1.29, 1.82) is 0 Å². The fraction of sp³-hybridized carbons (Fsp3) is 0.929. The van der Waals surface area contributed by atoms with E-state index in [-0.39, 0.29) is 18.5 Å². The minimum atomic E-state index is -3.46. The minimum absolute atomic E-state index is 0.0214. The van der Waals surface area contributed by atoms with Gasteiger partial charge in [-0.2, -0.15) is 8.42 Å². The first-order chi connectivity index (χ1) is 9.84. The van der Waals surface area contributed by atoms with Gasteiger partial charge in [-0.3, -0.25) is 8.98 Å². The molecule has 126 valence electrons. The molecular weight excluding hydrogens is 294 g/mol. The SMILES string of the molecule is CCOC(=O)[C@H](CCCN(CC)CC)CCOS(C)(=O)=O. The van der Waals surface area contributed by atoms with Crippen LogP contribution in [0, 0.1) is 5.92 Å². The van der Waals surface area contributed by atoms with Gasteiger partial charge < -0.3 is 9.64 Å². The summed E-state index contributed by atoms with van der Waals surface area (Å²) in [7, 11) is -3.46. The zero-order valence-electron chi connectivity index (χ0n) is 13.6. The Bertz CT molecular complexity index is 379. The lowest BCUT2D eigenvalue weighted by Crippen LogP contribution is -2.26. The lowest BCUT2D eigenvalue weighted by Gasteiger charge is -2.20. The van der Waals surface area contributed by atoms with Crippen LogP contribution in [0.15, 0.2) is 0 Å². The Balaban J connectivity index is 4.29. The summed E-state index contributed by atoms with van der Waals surface area (Å²) in [6.07, 6.45) is 2.93. The molecule has 0 bridgehead atoms. The standard InChI is InChI=1S/C14H29NO5S/c1-5-15(6-2)11-8-9-13(14(16)19-7-3)10-12-20-21(4,17)18/h13H,5-12H2,1-4H3/t13-/m1/s1. The third-order valence-corrected chi connectivity index (χ3v) is 3.90. The van der Waals surface area contributed by atoms with Crippen molar-refractivity contribution in [2.75, 3.05) is 39.1 Å². The Morgan fingerprint density at radius 2 is 1.76 bits per heavy atom. The average Bonchev–Trinajstić information content (AvgIpc) is 2.40. The molecule has 0 N–H and O–H groups in total. The second kappa shape index (κ2) is 11.0. The number of esters is 1. The van der Waals surface area contributed by atoms with Crippen LogP contribution in [0.1, 0.15) is 40.0 Å². The number of rotatable bonds is 12. The molecule has 0 aromatic heterocycles. The first-order valence-electron chi connectivity index (χ1n) is 7.57. The van der Waals surface area contributed by atoms with Gasteiger partial charge in [0, 0.05) is 0 Å². The van der Waals surface area contributed by atoms with Gasteiger partial charge in [0.05, 0.1) is 25.4 Å². The van der Waals surface area contributed by atoms with Gasteiger partial charge in [0.15, 0.2) is 0 Å². The van der Waals surface area contributed by atoms with E-state index in [0.29, 0.717) is 19.4 Å². The van der Waals surface area contributed by atoms with Gasteiger partial charge in [-0.05, 0) is 45.8 Å². The maximum Gasteiger partial charge on any atom is 0.309 e. The highest BCUT2D eigenvalue weighted by molar-refractivity contribution is 7.85. The van der Waals surface area contributed by atoms with Crippen molar-refractivity contribution in [3.05, 3.63) is 0 Å². The summed E-state index contributed by atoms with van der Waals surface area (Å²) in [5.74, 6) is -0.573. The number of hydrogen-bond donors (Lipinski definition) is 0. The molecule has 21 heavy (non-hydrogen) atoms. The highest BCUT2D eigenvalue weighted by atomic mass is 32.2. The predicted octanol–water partition coefficient (Wildman–Crippen LogP) is 1.65. The maximum absolute atomic E-state index is 11.9. The summed E-state index contributed by atoms with van der Waals surface area (Å²) in [5.41, 5.74) is 0. The van der Waals surface area contributed by atoms with Crippen molar-refractivity contribution in [2.24, 2.45) is 5.92 Å². The van der Waals surface area contributed by atoms with Gasteiger partial charge in [-0.25, -0.2) is 0 Å². The monoisotopic (exact) mass is 323 g/mol. The van der Waals surface area contributed by atoms with Gasteiger partial charge >= 0.3 is 5.97 Å². The van der Waals surface area contributed by atoms with Crippen LogP contribution in [0.25, 0.3) is 0 Å². The number of nitrogens with zero attached hydrogens (tertiary/aromatic N) is 1. The van der Waals surface area contributed by atoms with Gasteiger partial charge in [0.1, 0.15) is 0 Å². The van der Waals surface area contributed by atoms with Crippen LogP contribution in [0.2, 0.25) is 0 Å². The molecule has 0 aliphatic rings. The molecule has 0 radical (unpaired) electrons. The van der Waals surface area contributed by atoms with Gasteiger partial charge in [0.2, 0.25) is 0 Å². The fourth-order valence-electron chi connectivity index (χ4n) is 2.08. The molecular formula is C14H29NO5S. The number of carbonyl (C=O) groups excluding carboxylic acids is 1. The second-order valence-corrected chi connectivity index (χ2v) is 6.58. The van der Waals surface area contributed by atoms with Crippen molar-refractivity contribution >= 4 is 16.1 Å². The van der Waals surface area contributed by atoms with Crippen molar-refractivity contribution in [3.63, 3.8) is 0 Å². The molecule has 0 fully saturated rings. The van der Waals surface area contributed by atoms with E-state index in [9.17, 15) is 13.2 Å². The van der Waals surface area contributed by atoms with E-state index in [1.54, 1.807) is 6.92 Å². The zero-order chi connectivity index (χ0) is 16.3. The van der Waals surface area contributed by atoms with Gasteiger partial charge in [-0.15, -0.1) is 0 Å². The first-order valence-corrected chi connectivity index (χ1v) is 9.39. The Morgan fingerprint density at radius 3 is 2.24 bits per heavy atom. The lowest BCUT2D eigenvalue weighted by atomic mass is 10.00. The highest BCUT2D eigenvalue weighted by Crippen LogP contribution is 2.15. The summed E-state index contributed by atoms with van der Waals surface area (Å²) in [6, 6.07) is 0. The molecule has 0 rings (SSSR count). The molecule has 0 amide bonds. The van der Waals surface area contributed by atoms with Crippen molar-refractivity contribution in [3.8, 4) is 0 Å². The highest BCUT2D eigenvalue weighted by Gasteiger charge is 2.20. The molecule has 0 saturated carbocycles. The third-order valence-electron chi connectivity index (χ3n) is 3.31. The Hall–Kier alpha value is -0.660. The van der Waals surface area contributed by atoms with Crippen LogP contribution < -0.4 is 0 Å². The second-order valence-electron chi connectivity index (χ2n) is 4.93. The van der Waals surface area contributed by atoms with E-state index in [4.69, 9.17) is 8.92 Å². The summed E-state index contributed by atoms with van der Waals surface area (Å²) in [4.78, 5) is 14.2. The molecule has 1 atom stereocenters. The first kappa shape index (κ1) is 20.3. The molecule has 0 unspecified atom stereocenters. The quantitative estimate of drug-likeness (QED) is 0.402. The molecule has 0 spiro atoms. The summed E-state index contributed by atoms with van der Waals surface area (Å²) in [5, 5.41) is 0. The van der Waals surface area contributed by atoms with Crippen LogP contribution in [0.3, 0.4) is 0 Å². The van der Waals surface area contributed by atoms with E-state index in [1.165, 1.54) is 0 Å². The molecule has 0 heterocycles. The van der Waals surface area contributed by atoms with Crippen molar-refractivity contribution in [1.82, 2.24) is 4.90 Å². The van der Waals surface area contributed by atoms with E-state index in [1.807, 2.05) is 0 Å². The van der Waals surface area contributed by atoms with Crippen molar-refractivity contribution in [2.45, 2.75) is 40.0 Å². The maximum atomic E-state index is 11.9. The molecule has 0 aliphatic heterocycles. The Kier molecular flexibility index (Phi) is 10.6. The number of ether oxygens (including phenoxy) is 1. The Labute approximate surface area is 128 Å². The van der Waals surface area contributed by atoms with Crippen LogP contribution in [-0.4, -0.2) is 58.4 Å². The molecule has 0 aromatic carbocycles. The van der Waals surface area contributed by atoms with E-state index in [2.05, 4.69) is 18.7 Å². The number of carbonyl (C=O) groups is 1. The normalized spacial score (nSPS) is 13.4. The molecule has 0 aliphatic carbocycles. The van der Waals surface area contributed by atoms with Gasteiger partial charge in [-0.1, -0.05) is 13.8 Å². The van der Waals surface area contributed by atoms with E-state index < -0.39 is 10.1 Å². The summed E-state index contributed by atoms with van der Waals surface area (Å²) >= 11 is 0. The topological polar surface area (TPSA) is 72.9 Å². The van der Waals surface area contributed by atoms with Crippen molar-refractivity contribution < 1.29 is 22.1 Å². The smallest absolute Gasteiger partial charge is 0.309 e. The average molecular weight is 323 g/mol. The predicted molar refractivity (Wildman–Crippen MR) is 82.6 cm³/mol. The van der Waals surface area contributed by atoms with Crippen LogP contribution in [0.4, 0.5) is 0 Å². The molecule has 0 saturated heterocycles. The molecule has 6 nitrogen and oxygen atoms in total. The van der Waals surface area contributed by atoms with Crippen LogP contribution in [-0.2, 0) is 23.8 Å². The zero-order valence-corrected chi connectivity index (χ0v) is 14.4. The molecule has 7 heteroatoms. The summed E-state index contributed by atoms with van der Waals surface area (Å²) < 4.78 is 31.6.